The normalized spacial score (nSPS) is 15.0. The SMILES string of the molecule is CCCCCCCCCC(C)C(CC)NC. The third-order valence-corrected chi connectivity index (χ3v) is 3.76. The van der Waals surface area contributed by atoms with E-state index < -0.39 is 0 Å². The summed E-state index contributed by atoms with van der Waals surface area (Å²) in [6.45, 7) is 6.95. The Morgan fingerprint density at radius 3 is 1.94 bits per heavy atom. The first-order valence-electron chi connectivity index (χ1n) is 7.43. The second-order valence-corrected chi connectivity index (χ2v) is 5.19. The Hall–Kier alpha value is -0.0400. The molecule has 0 radical (unpaired) electrons. The molecule has 0 aromatic carbocycles. The fourth-order valence-corrected chi connectivity index (χ4v) is 2.52. The Bertz CT molecular complexity index is 129. The molecule has 0 rings (SSSR count). The lowest BCUT2D eigenvalue weighted by molar-refractivity contribution is 0.355. The summed E-state index contributed by atoms with van der Waals surface area (Å²) < 4.78 is 0. The standard InChI is InChI=1S/C15H33N/c1-5-7-8-9-10-11-12-13-14(3)15(6-2)16-4/h14-16H,5-13H2,1-4H3. The molecule has 0 heterocycles. The molecule has 0 bridgehead atoms. The van der Waals surface area contributed by atoms with Crippen LogP contribution in [0.15, 0.2) is 0 Å². The van der Waals surface area contributed by atoms with Crippen molar-refractivity contribution >= 4 is 0 Å². The molecule has 2 unspecified atom stereocenters. The van der Waals surface area contributed by atoms with Crippen LogP contribution < -0.4 is 5.32 Å². The van der Waals surface area contributed by atoms with Crippen molar-refractivity contribution in [1.29, 1.82) is 0 Å². The predicted octanol–water partition coefficient (Wildman–Crippen LogP) is 4.76. The van der Waals surface area contributed by atoms with Crippen molar-refractivity contribution in [2.75, 3.05) is 7.05 Å². The van der Waals surface area contributed by atoms with Crippen LogP contribution in [0.5, 0.6) is 0 Å². The lowest BCUT2D eigenvalue weighted by atomic mass is 9.93. The van der Waals surface area contributed by atoms with Gasteiger partial charge in [0.25, 0.3) is 0 Å². The van der Waals surface area contributed by atoms with Crippen LogP contribution in [0.3, 0.4) is 0 Å². The summed E-state index contributed by atoms with van der Waals surface area (Å²) in [5.74, 6) is 0.839. The zero-order valence-electron chi connectivity index (χ0n) is 12.0. The van der Waals surface area contributed by atoms with Crippen molar-refractivity contribution in [3.8, 4) is 0 Å². The Morgan fingerprint density at radius 2 is 1.44 bits per heavy atom. The number of nitrogens with one attached hydrogen (secondary N) is 1. The highest BCUT2D eigenvalue weighted by atomic mass is 14.9. The molecule has 0 fully saturated rings. The summed E-state index contributed by atoms with van der Waals surface area (Å²) in [6, 6.07) is 0.722. The van der Waals surface area contributed by atoms with E-state index in [9.17, 15) is 0 Å². The number of hydrogen-bond acceptors (Lipinski definition) is 1. The maximum atomic E-state index is 3.42. The van der Waals surface area contributed by atoms with E-state index in [1.807, 2.05) is 0 Å². The van der Waals surface area contributed by atoms with Gasteiger partial charge in [-0.1, -0.05) is 65.7 Å². The number of rotatable bonds is 11. The summed E-state index contributed by atoms with van der Waals surface area (Å²) in [5, 5.41) is 3.42. The largest absolute Gasteiger partial charge is 0.317 e. The first-order valence-corrected chi connectivity index (χ1v) is 7.43. The maximum absolute atomic E-state index is 3.42. The van der Waals surface area contributed by atoms with Gasteiger partial charge in [0.05, 0.1) is 0 Å². The van der Waals surface area contributed by atoms with E-state index in [4.69, 9.17) is 0 Å². The summed E-state index contributed by atoms with van der Waals surface area (Å²) in [5.41, 5.74) is 0. The van der Waals surface area contributed by atoms with E-state index in [2.05, 4.69) is 33.1 Å². The third kappa shape index (κ3) is 8.15. The van der Waals surface area contributed by atoms with E-state index in [1.54, 1.807) is 0 Å². The average molecular weight is 227 g/mol. The van der Waals surface area contributed by atoms with E-state index in [0.29, 0.717) is 0 Å². The van der Waals surface area contributed by atoms with E-state index in [0.717, 1.165) is 12.0 Å². The van der Waals surface area contributed by atoms with Gasteiger partial charge in [0.2, 0.25) is 0 Å². The molecule has 0 aliphatic carbocycles. The van der Waals surface area contributed by atoms with Gasteiger partial charge < -0.3 is 5.32 Å². The minimum absolute atomic E-state index is 0.722. The molecular formula is C15H33N. The molecule has 0 saturated carbocycles. The van der Waals surface area contributed by atoms with Crippen LogP contribution in [-0.2, 0) is 0 Å². The summed E-state index contributed by atoms with van der Waals surface area (Å²) in [6.07, 6.45) is 12.6. The maximum Gasteiger partial charge on any atom is 0.00870 e. The van der Waals surface area contributed by atoms with Crippen LogP contribution in [0, 0.1) is 5.92 Å². The van der Waals surface area contributed by atoms with Crippen LogP contribution in [0.4, 0.5) is 0 Å². The molecule has 0 amide bonds. The number of unbranched alkanes of at least 4 members (excludes halogenated alkanes) is 6. The zero-order chi connectivity index (χ0) is 12.2. The number of hydrogen-bond donors (Lipinski definition) is 1. The van der Waals surface area contributed by atoms with Gasteiger partial charge in [-0.3, -0.25) is 0 Å². The molecule has 0 aromatic heterocycles. The first kappa shape index (κ1) is 16.0. The van der Waals surface area contributed by atoms with Crippen molar-refractivity contribution in [2.45, 2.75) is 84.6 Å². The van der Waals surface area contributed by atoms with Crippen LogP contribution in [-0.4, -0.2) is 13.1 Å². The van der Waals surface area contributed by atoms with Crippen LogP contribution in [0.25, 0.3) is 0 Å². The Kier molecular flexibility index (Phi) is 11.4. The minimum Gasteiger partial charge on any atom is -0.317 e. The molecule has 16 heavy (non-hydrogen) atoms. The smallest absolute Gasteiger partial charge is 0.00870 e. The summed E-state index contributed by atoms with van der Waals surface area (Å²) in [7, 11) is 2.09. The molecule has 1 heteroatoms. The highest BCUT2D eigenvalue weighted by Gasteiger charge is 2.12. The van der Waals surface area contributed by atoms with Crippen LogP contribution >= 0.6 is 0 Å². The van der Waals surface area contributed by atoms with Gasteiger partial charge in [0.15, 0.2) is 0 Å². The Balaban J connectivity index is 3.30. The van der Waals surface area contributed by atoms with Crippen LogP contribution in [0.2, 0.25) is 0 Å². The van der Waals surface area contributed by atoms with Gasteiger partial charge in [-0.2, -0.15) is 0 Å². The second-order valence-electron chi connectivity index (χ2n) is 5.19. The van der Waals surface area contributed by atoms with E-state index in [-0.39, 0.29) is 0 Å². The van der Waals surface area contributed by atoms with Crippen molar-refractivity contribution in [3.05, 3.63) is 0 Å². The zero-order valence-corrected chi connectivity index (χ0v) is 12.0. The van der Waals surface area contributed by atoms with E-state index in [1.165, 1.54) is 57.8 Å². The molecule has 1 N–H and O–H groups in total. The van der Waals surface area contributed by atoms with Crippen molar-refractivity contribution in [3.63, 3.8) is 0 Å². The van der Waals surface area contributed by atoms with Gasteiger partial charge in [-0.05, 0) is 25.8 Å². The van der Waals surface area contributed by atoms with Crippen LogP contribution in [0.1, 0.15) is 78.6 Å². The fourth-order valence-electron chi connectivity index (χ4n) is 2.52. The van der Waals surface area contributed by atoms with Crippen molar-refractivity contribution in [2.24, 2.45) is 5.92 Å². The quantitative estimate of drug-likeness (QED) is 0.502. The minimum atomic E-state index is 0.722. The summed E-state index contributed by atoms with van der Waals surface area (Å²) >= 11 is 0. The molecule has 0 aromatic rings. The van der Waals surface area contributed by atoms with Crippen molar-refractivity contribution < 1.29 is 0 Å². The molecule has 0 aliphatic rings. The molecule has 0 saturated heterocycles. The molecular weight excluding hydrogens is 194 g/mol. The highest BCUT2D eigenvalue weighted by molar-refractivity contribution is 4.69. The lowest BCUT2D eigenvalue weighted by Gasteiger charge is -2.21. The monoisotopic (exact) mass is 227 g/mol. The van der Waals surface area contributed by atoms with Crippen molar-refractivity contribution in [1.82, 2.24) is 5.32 Å². The van der Waals surface area contributed by atoms with Gasteiger partial charge in [0, 0.05) is 6.04 Å². The lowest BCUT2D eigenvalue weighted by Crippen LogP contribution is -2.31. The topological polar surface area (TPSA) is 12.0 Å². The first-order chi connectivity index (χ1) is 7.76. The van der Waals surface area contributed by atoms with Gasteiger partial charge in [-0.25, -0.2) is 0 Å². The third-order valence-electron chi connectivity index (χ3n) is 3.76. The molecule has 0 spiro atoms. The van der Waals surface area contributed by atoms with Gasteiger partial charge >= 0.3 is 0 Å². The highest BCUT2D eigenvalue weighted by Crippen LogP contribution is 2.16. The van der Waals surface area contributed by atoms with Gasteiger partial charge in [0.1, 0.15) is 0 Å². The predicted molar refractivity (Wildman–Crippen MR) is 74.9 cm³/mol. The summed E-state index contributed by atoms with van der Waals surface area (Å²) in [4.78, 5) is 0. The molecule has 2 atom stereocenters. The Labute approximate surface area is 103 Å². The average Bonchev–Trinajstić information content (AvgIpc) is 2.29. The second kappa shape index (κ2) is 11.4. The fraction of sp³-hybridized carbons (Fsp3) is 1.00. The van der Waals surface area contributed by atoms with E-state index >= 15 is 0 Å². The van der Waals surface area contributed by atoms with Gasteiger partial charge in [-0.15, -0.1) is 0 Å². The molecule has 1 nitrogen and oxygen atoms in total. The molecule has 0 aliphatic heterocycles. The Morgan fingerprint density at radius 1 is 0.875 bits per heavy atom. The molecule has 98 valence electrons.